The van der Waals surface area contributed by atoms with E-state index in [9.17, 15) is 9.59 Å². The molecule has 2 N–H and O–H groups in total. The highest BCUT2D eigenvalue weighted by atomic mass is 127. The Morgan fingerprint density at radius 2 is 2.10 bits per heavy atom. The number of hydrogen-bond acceptors (Lipinski definition) is 2. The quantitative estimate of drug-likeness (QED) is 0.438. The third-order valence-corrected chi connectivity index (χ3v) is 0.857. The molecule has 0 saturated carbocycles. The predicted molar refractivity (Wildman–Crippen MR) is 43.6 cm³/mol. The molecule has 0 unspecified atom stereocenters. The number of carbonyl (C=O) groups excluding carboxylic acids is 1. The van der Waals surface area contributed by atoms with E-state index in [2.05, 4.69) is 11.9 Å². The number of carboxylic acids is 1. The van der Waals surface area contributed by atoms with Gasteiger partial charge in [0, 0.05) is 0 Å². The molecule has 0 heterocycles. The van der Waals surface area contributed by atoms with Crippen LogP contribution in [-0.4, -0.2) is 17.0 Å². The topological polar surface area (TPSA) is 66.4 Å². The molecule has 56 valence electrons. The average molecular weight is 255 g/mol. The van der Waals surface area contributed by atoms with Gasteiger partial charge in [0.2, 0.25) is 5.91 Å². The zero-order valence-electron chi connectivity index (χ0n) is 5.06. The van der Waals surface area contributed by atoms with Crippen LogP contribution in [0.15, 0.2) is 10.3 Å². The molecule has 0 fully saturated rings. The number of halogens is 1. The molecule has 0 aromatic carbocycles. The summed E-state index contributed by atoms with van der Waals surface area (Å²) in [4.78, 5) is 20.4. The molecule has 5 heteroatoms. The zero-order valence-corrected chi connectivity index (χ0v) is 7.21. The van der Waals surface area contributed by atoms with Crippen molar-refractivity contribution in [3.05, 3.63) is 10.3 Å². The Kier molecular flexibility index (Phi) is 4.01. The summed E-state index contributed by atoms with van der Waals surface area (Å²) >= 11 is 1.79. The van der Waals surface area contributed by atoms with Crippen molar-refractivity contribution in [3.8, 4) is 0 Å². The van der Waals surface area contributed by atoms with Crippen LogP contribution in [0.25, 0.3) is 0 Å². The summed E-state index contributed by atoms with van der Waals surface area (Å²) in [5, 5.41) is 10.4. The highest BCUT2D eigenvalue weighted by Gasteiger charge is 2.05. The molecule has 0 saturated heterocycles. The van der Waals surface area contributed by atoms with Crippen LogP contribution in [0.1, 0.15) is 6.42 Å². The summed E-state index contributed by atoms with van der Waals surface area (Å²) in [5.74, 6) is -1.69. The molecular formula is C5H6INO3. The van der Waals surface area contributed by atoms with Crippen LogP contribution in [0.2, 0.25) is 0 Å². The van der Waals surface area contributed by atoms with E-state index < -0.39 is 18.3 Å². The molecule has 0 aromatic heterocycles. The van der Waals surface area contributed by atoms with Gasteiger partial charge < -0.3 is 10.4 Å². The number of carbonyl (C=O) groups is 2. The van der Waals surface area contributed by atoms with E-state index in [0.29, 0.717) is 3.70 Å². The van der Waals surface area contributed by atoms with Crippen molar-refractivity contribution in [2.75, 3.05) is 0 Å². The highest BCUT2D eigenvalue weighted by Crippen LogP contribution is 1.95. The fourth-order valence-electron chi connectivity index (χ4n) is 0.333. The first-order valence-corrected chi connectivity index (χ1v) is 3.46. The Morgan fingerprint density at radius 1 is 1.60 bits per heavy atom. The molecule has 0 rings (SSSR count). The SMILES string of the molecule is C=C(I)NC(=O)CC(=O)O. The number of hydrogen-bond donors (Lipinski definition) is 2. The van der Waals surface area contributed by atoms with Crippen LogP contribution in [0, 0.1) is 0 Å². The minimum absolute atomic E-state index is 0.420. The van der Waals surface area contributed by atoms with E-state index in [1.54, 1.807) is 22.6 Å². The first kappa shape index (κ1) is 9.41. The first-order valence-electron chi connectivity index (χ1n) is 2.38. The molecule has 10 heavy (non-hydrogen) atoms. The van der Waals surface area contributed by atoms with Gasteiger partial charge in [-0.25, -0.2) is 0 Å². The van der Waals surface area contributed by atoms with Crippen molar-refractivity contribution in [1.29, 1.82) is 0 Å². The van der Waals surface area contributed by atoms with Gasteiger partial charge in [0.15, 0.2) is 0 Å². The standard InChI is InChI=1S/C5H6INO3/c1-3(6)7-4(8)2-5(9)10/h1-2H2,(H,7,8)(H,9,10). The van der Waals surface area contributed by atoms with Gasteiger partial charge in [0.05, 0.1) is 3.70 Å². The van der Waals surface area contributed by atoms with Gasteiger partial charge in [-0.15, -0.1) is 0 Å². The third-order valence-electron chi connectivity index (χ3n) is 0.587. The lowest BCUT2D eigenvalue weighted by molar-refractivity contribution is -0.140. The van der Waals surface area contributed by atoms with Gasteiger partial charge >= 0.3 is 5.97 Å². The van der Waals surface area contributed by atoms with Gasteiger partial charge in [-0.05, 0) is 22.6 Å². The van der Waals surface area contributed by atoms with Crippen LogP contribution >= 0.6 is 22.6 Å². The molecule has 0 spiro atoms. The van der Waals surface area contributed by atoms with Gasteiger partial charge in [-0.1, -0.05) is 6.58 Å². The van der Waals surface area contributed by atoms with Crippen molar-refractivity contribution in [2.24, 2.45) is 0 Å². The Bertz CT molecular complexity index is 160. The van der Waals surface area contributed by atoms with Crippen molar-refractivity contribution in [3.63, 3.8) is 0 Å². The lowest BCUT2D eigenvalue weighted by Gasteiger charge is -1.97. The molecule has 0 radical (unpaired) electrons. The number of carboxylic acid groups (broad SMARTS) is 1. The summed E-state index contributed by atoms with van der Waals surface area (Å²) in [7, 11) is 0. The van der Waals surface area contributed by atoms with Crippen LogP contribution in [-0.2, 0) is 9.59 Å². The Morgan fingerprint density at radius 3 is 2.40 bits per heavy atom. The van der Waals surface area contributed by atoms with E-state index in [0.717, 1.165) is 0 Å². The first-order chi connectivity index (χ1) is 4.52. The van der Waals surface area contributed by atoms with E-state index >= 15 is 0 Å². The molecule has 4 nitrogen and oxygen atoms in total. The number of rotatable bonds is 3. The largest absolute Gasteiger partial charge is 0.481 e. The minimum Gasteiger partial charge on any atom is -0.481 e. The van der Waals surface area contributed by atoms with Crippen molar-refractivity contribution >= 4 is 34.5 Å². The lowest BCUT2D eigenvalue weighted by Crippen LogP contribution is -2.22. The molecule has 1 amide bonds. The van der Waals surface area contributed by atoms with E-state index in [1.807, 2.05) is 0 Å². The highest BCUT2D eigenvalue weighted by molar-refractivity contribution is 14.1. The fraction of sp³-hybridized carbons (Fsp3) is 0.200. The lowest BCUT2D eigenvalue weighted by atomic mass is 10.4. The minimum atomic E-state index is -1.14. The van der Waals surface area contributed by atoms with Crippen LogP contribution in [0.3, 0.4) is 0 Å². The second-order valence-electron chi connectivity index (χ2n) is 1.52. The molecular weight excluding hydrogens is 249 g/mol. The molecule has 0 bridgehead atoms. The van der Waals surface area contributed by atoms with Gasteiger partial charge in [0.25, 0.3) is 0 Å². The van der Waals surface area contributed by atoms with E-state index in [4.69, 9.17) is 5.11 Å². The Balaban J connectivity index is 3.65. The summed E-state index contributed by atoms with van der Waals surface area (Å²) in [6.07, 6.45) is -0.512. The monoisotopic (exact) mass is 255 g/mol. The number of aliphatic carboxylic acids is 1. The molecule has 0 aliphatic rings. The van der Waals surface area contributed by atoms with Crippen LogP contribution in [0.5, 0.6) is 0 Å². The number of amides is 1. The van der Waals surface area contributed by atoms with Crippen molar-refractivity contribution in [2.45, 2.75) is 6.42 Å². The van der Waals surface area contributed by atoms with Crippen molar-refractivity contribution in [1.82, 2.24) is 5.32 Å². The summed E-state index contributed by atoms with van der Waals surface area (Å²) in [6, 6.07) is 0. The maximum Gasteiger partial charge on any atom is 0.312 e. The number of nitrogens with one attached hydrogen (secondary N) is 1. The molecule has 0 aliphatic heterocycles. The van der Waals surface area contributed by atoms with Gasteiger partial charge in [0.1, 0.15) is 6.42 Å². The molecule has 0 atom stereocenters. The predicted octanol–water partition coefficient (Wildman–Crippen LogP) is 0.483. The smallest absolute Gasteiger partial charge is 0.312 e. The summed E-state index contributed by atoms with van der Waals surface area (Å²) in [5.41, 5.74) is 0. The summed E-state index contributed by atoms with van der Waals surface area (Å²) < 4.78 is 0.420. The second-order valence-corrected chi connectivity index (χ2v) is 2.83. The fourth-order valence-corrected chi connectivity index (χ4v) is 0.634. The van der Waals surface area contributed by atoms with E-state index in [-0.39, 0.29) is 0 Å². The van der Waals surface area contributed by atoms with Gasteiger partial charge in [-0.2, -0.15) is 0 Å². The van der Waals surface area contributed by atoms with Crippen LogP contribution < -0.4 is 5.32 Å². The normalized spacial score (nSPS) is 8.50. The summed E-state index contributed by atoms with van der Waals surface area (Å²) in [6.45, 7) is 3.36. The maximum absolute atomic E-state index is 10.5. The second kappa shape index (κ2) is 4.26. The molecule has 0 aromatic rings. The Labute approximate surface area is 71.4 Å². The van der Waals surface area contributed by atoms with E-state index in [1.165, 1.54) is 0 Å². The van der Waals surface area contributed by atoms with Crippen LogP contribution in [0.4, 0.5) is 0 Å². The molecule has 0 aliphatic carbocycles. The maximum atomic E-state index is 10.5. The van der Waals surface area contributed by atoms with Crippen molar-refractivity contribution < 1.29 is 14.7 Å². The zero-order chi connectivity index (χ0) is 8.15. The Hall–Kier alpha value is -0.590. The average Bonchev–Trinajstić information content (AvgIpc) is 1.58. The third kappa shape index (κ3) is 5.54. The van der Waals surface area contributed by atoms with Gasteiger partial charge in [-0.3, -0.25) is 9.59 Å².